The number of hydrogen-bond donors (Lipinski definition) is 0. The molecule has 8 heteroatoms. The molecule has 7 aromatic carbocycles. The molecule has 0 N–H and O–H groups in total. The van der Waals surface area contributed by atoms with E-state index < -0.39 is 0 Å². The van der Waals surface area contributed by atoms with Gasteiger partial charge in [-0.05, 0) is 42.5 Å². The lowest BCUT2D eigenvalue weighted by atomic mass is 9.97. The molecule has 0 saturated carbocycles. The van der Waals surface area contributed by atoms with Crippen molar-refractivity contribution in [3.63, 3.8) is 0 Å². The van der Waals surface area contributed by atoms with Crippen molar-refractivity contribution in [1.29, 1.82) is 10.5 Å². The summed E-state index contributed by atoms with van der Waals surface area (Å²) in [6.45, 7) is 8.02. The van der Waals surface area contributed by atoms with Crippen LogP contribution in [0.4, 0.5) is 5.69 Å². The predicted molar refractivity (Wildman–Crippen MR) is 240 cm³/mol. The second kappa shape index (κ2) is 15.4. The topological polar surface area (TPSA) is 108 Å². The van der Waals surface area contributed by atoms with E-state index in [1.807, 2.05) is 170 Å². The summed E-state index contributed by atoms with van der Waals surface area (Å²) in [6.07, 6.45) is 0. The summed E-state index contributed by atoms with van der Waals surface area (Å²) >= 11 is 0. The Bertz CT molecular complexity index is 3100. The van der Waals surface area contributed by atoms with Crippen LogP contribution in [0.2, 0.25) is 0 Å². The van der Waals surface area contributed by atoms with Crippen LogP contribution >= 0.6 is 0 Å². The number of nitriles is 2. The molecule has 8 nitrogen and oxygen atoms in total. The smallest absolute Gasteiger partial charge is 0.189 e. The van der Waals surface area contributed by atoms with Gasteiger partial charge < -0.3 is 4.57 Å². The second-order valence-electron chi connectivity index (χ2n) is 14.4. The van der Waals surface area contributed by atoms with Crippen molar-refractivity contribution in [3.8, 4) is 85.6 Å². The Morgan fingerprint density at radius 1 is 0.426 bits per heavy atom. The van der Waals surface area contributed by atoms with E-state index in [0.717, 1.165) is 44.1 Å². The highest BCUT2D eigenvalue weighted by molar-refractivity contribution is 6.11. The van der Waals surface area contributed by atoms with E-state index in [2.05, 4.69) is 21.6 Å². The minimum Gasteiger partial charge on any atom is -0.309 e. The van der Waals surface area contributed by atoms with E-state index >= 15 is 0 Å². The Kier molecular flexibility index (Phi) is 9.16. The number of hydrogen-bond acceptors (Lipinski definition) is 6. The average Bonchev–Trinajstić information content (AvgIpc) is 3.66. The van der Waals surface area contributed by atoms with Gasteiger partial charge in [0.25, 0.3) is 0 Å². The fourth-order valence-electron chi connectivity index (χ4n) is 7.83. The molecule has 61 heavy (non-hydrogen) atoms. The molecule has 0 spiro atoms. The highest BCUT2D eigenvalue weighted by atomic mass is 15.0. The third-order valence-corrected chi connectivity index (χ3v) is 10.7. The second-order valence-corrected chi connectivity index (χ2v) is 14.4. The molecular weight excluding hydrogens is 749 g/mol. The van der Waals surface area contributed by atoms with Crippen LogP contribution in [0, 0.1) is 29.2 Å². The maximum Gasteiger partial charge on any atom is 0.189 e. The molecule has 0 fully saturated rings. The number of fused-ring (bicyclic) bond motifs is 3. The summed E-state index contributed by atoms with van der Waals surface area (Å²) in [6, 6.07) is 63.2. The van der Waals surface area contributed by atoms with Crippen molar-refractivity contribution >= 4 is 27.5 Å². The van der Waals surface area contributed by atoms with Crippen LogP contribution in [0.3, 0.4) is 0 Å². The first-order valence-corrected chi connectivity index (χ1v) is 19.5. The van der Waals surface area contributed by atoms with E-state index in [1.54, 1.807) is 12.1 Å². The lowest BCUT2D eigenvalue weighted by molar-refractivity contribution is 1.13. The first-order chi connectivity index (χ1) is 30.1. The molecule has 0 bridgehead atoms. The maximum atomic E-state index is 10.8. The number of rotatable bonds is 7. The van der Waals surface area contributed by atoms with Gasteiger partial charge in [-0.3, -0.25) is 0 Å². The molecule has 0 atom stereocenters. The summed E-state index contributed by atoms with van der Waals surface area (Å²) < 4.78 is 2.07. The highest BCUT2D eigenvalue weighted by Gasteiger charge is 2.25. The van der Waals surface area contributed by atoms with Crippen molar-refractivity contribution in [2.24, 2.45) is 0 Å². The molecule has 0 saturated heterocycles. The Balaban J connectivity index is 1.39. The minimum absolute atomic E-state index is 0.366. The van der Waals surface area contributed by atoms with Crippen molar-refractivity contribution in [2.75, 3.05) is 0 Å². The van der Waals surface area contributed by atoms with Gasteiger partial charge in [0.15, 0.2) is 17.3 Å². The van der Waals surface area contributed by atoms with Gasteiger partial charge in [-0.1, -0.05) is 140 Å². The molecule has 0 aliphatic carbocycles. The van der Waals surface area contributed by atoms with Crippen LogP contribution in [-0.4, -0.2) is 24.5 Å². The standard InChI is InChI=1S/C53H30N8/c1-56-40-23-25-42-41-24-22-34(32-54)28-49(41)61(50(42)29-40)51-43(48-31-47(38-18-10-4-11-19-38)57-52(60-48)39-20-12-5-13-21-39)26-35(33-55)27-44(51)53-58-45(36-14-6-2-7-15-36)30-46(59-53)37-16-8-3-9-17-37/h2-31H. The summed E-state index contributed by atoms with van der Waals surface area (Å²) in [5.74, 6) is 0.881. The third-order valence-electron chi connectivity index (χ3n) is 10.7. The molecule has 0 amide bonds. The van der Waals surface area contributed by atoms with Gasteiger partial charge in [0.1, 0.15) is 0 Å². The maximum absolute atomic E-state index is 10.8. The van der Waals surface area contributed by atoms with Crippen LogP contribution in [-0.2, 0) is 0 Å². The number of benzene rings is 7. The summed E-state index contributed by atoms with van der Waals surface area (Å²) in [4.78, 5) is 24.7. The molecule has 282 valence electrons. The van der Waals surface area contributed by atoms with Crippen LogP contribution in [0.15, 0.2) is 182 Å². The molecule has 0 radical (unpaired) electrons. The quantitative estimate of drug-likeness (QED) is 0.149. The first kappa shape index (κ1) is 36.3. The van der Waals surface area contributed by atoms with Gasteiger partial charge in [0, 0.05) is 49.7 Å². The van der Waals surface area contributed by atoms with Crippen LogP contribution in [0.5, 0.6) is 0 Å². The van der Waals surface area contributed by atoms with Gasteiger partial charge in [0.2, 0.25) is 0 Å². The average molecular weight is 779 g/mol. The SMILES string of the molecule is [C-]#[N+]c1ccc2c3ccc(C#N)cc3n(-c3c(-c4cc(-c5ccccc5)nc(-c5ccccc5)n4)cc(C#N)cc3-c3nc(-c4ccccc4)cc(-c4ccccc4)n3)c2c1. The van der Waals surface area contributed by atoms with Gasteiger partial charge in [-0.2, -0.15) is 10.5 Å². The van der Waals surface area contributed by atoms with E-state index in [0.29, 0.717) is 68.1 Å². The fraction of sp³-hybridized carbons (Fsp3) is 0. The molecule has 3 heterocycles. The van der Waals surface area contributed by atoms with Gasteiger partial charge in [0.05, 0.1) is 63.8 Å². The zero-order chi connectivity index (χ0) is 41.3. The van der Waals surface area contributed by atoms with Crippen LogP contribution in [0.25, 0.3) is 100 Å². The molecule has 10 aromatic rings. The predicted octanol–water partition coefficient (Wildman–Crippen LogP) is 12.7. The zero-order valence-corrected chi connectivity index (χ0v) is 32.4. The normalized spacial score (nSPS) is 10.9. The summed E-state index contributed by atoms with van der Waals surface area (Å²) in [5.41, 5.74) is 10.7. The fourth-order valence-corrected chi connectivity index (χ4v) is 7.83. The summed E-state index contributed by atoms with van der Waals surface area (Å²) in [5, 5.41) is 22.8. The van der Waals surface area contributed by atoms with Crippen LogP contribution < -0.4 is 0 Å². The van der Waals surface area contributed by atoms with Gasteiger partial charge in [-0.25, -0.2) is 24.8 Å². The summed E-state index contributed by atoms with van der Waals surface area (Å²) in [7, 11) is 0. The molecule has 0 unspecified atom stereocenters. The number of nitrogens with zero attached hydrogens (tertiary/aromatic N) is 8. The first-order valence-electron chi connectivity index (χ1n) is 19.5. The zero-order valence-electron chi connectivity index (χ0n) is 32.4. The monoisotopic (exact) mass is 778 g/mol. The lowest BCUT2D eigenvalue weighted by Gasteiger charge is -2.20. The number of aromatic nitrogens is 5. The van der Waals surface area contributed by atoms with Gasteiger partial charge in [-0.15, -0.1) is 0 Å². The Morgan fingerprint density at radius 3 is 1.43 bits per heavy atom. The minimum atomic E-state index is 0.366. The van der Waals surface area contributed by atoms with E-state index in [-0.39, 0.29) is 0 Å². The molecule has 0 aliphatic heterocycles. The lowest BCUT2D eigenvalue weighted by Crippen LogP contribution is -2.06. The largest absolute Gasteiger partial charge is 0.309 e. The van der Waals surface area contributed by atoms with Crippen molar-refractivity contribution in [3.05, 3.63) is 205 Å². The van der Waals surface area contributed by atoms with Crippen molar-refractivity contribution < 1.29 is 0 Å². The Hall–Kier alpha value is -9.03. The highest BCUT2D eigenvalue weighted by Crippen LogP contribution is 2.43. The van der Waals surface area contributed by atoms with Crippen molar-refractivity contribution in [1.82, 2.24) is 24.5 Å². The molecule has 3 aromatic heterocycles. The van der Waals surface area contributed by atoms with E-state index in [9.17, 15) is 10.5 Å². The van der Waals surface area contributed by atoms with Crippen molar-refractivity contribution in [2.45, 2.75) is 0 Å². The van der Waals surface area contributed by atoms with Crippen LogP contribution in [0.1, 0.15) is 11.1 Å². The van der Waals surface area contributed by atoms with E-state index in [4.69, 9.17) is 26.5 Å². The Morgan fingerprint density at radius 2 is 0.885 bits per heavy atom. The molecule has 10 rings (SSSR count). The third kappa shape index (κ3) is 6.71. The molecule has 0 aliphatic rings. The Labute approximate surface area is 351 Å². The van der Waals surface area contributed by atoms with Gasteiger partial charge >= 0.3 is 0 Å². The molecular formula is C53H30N8. The van der Waals surface area contributed by atoms with E-state index in [1.165, 1.54) is 0 Å².